The van der Waals surface area contributed by atoms with Gasteiger partial charge in [-0.3, -0.25) is 0 Å². The van der Waals surface area contributed by atoms with Gasteiger partial charge in [0.2, 0.25) is 0 Å². The number of furan rings is 1. The number of hydrogen-bond acceptors (Lipinski definition) is 4. The van der Waals surface area contributed by atoms with Crippen LogP contribution in [-0.4, -0.2) is 16.8 Å². The molecular weight excluding hydrogens is 212 g/mol. The molecule has 0 aliphatic heterocycles. The second-order valence-electron chi connectivity index (χ2n) is 3.24. The molecule has 0 amide bonds. The molecule has 4 nitrogen and oxygen atoms in total. The number of aryl methyl sites for hydroxylation is 1. The molecule has 0 aliphatic rings. The summed E-state index contributed by atoms with van der Waals surface area (Å²) in [6.07, 6.45) is 4.35. The first-order valence-corrected chi connectivity index (χ1v) is 5.86. The van der Waals surface area contributed by atoms with Crippen LogP contribution in [0.3, 0.4) is 0 Å². The number of nitrogens with zero attached hydrogens (tertiary/aromatic N) is 1. The van der Waals surface area contributed by atoms with Gasteiger partial charge >= 0.3 is 0 Å². The largest absolute Gasteiger partial charge is 0.468 e. The Bertz CT molecular complexity index is 323. The Hall–Kier alpha value is -1.10. The van der Waals surface area contributed by atoms with Crippen LogP contribution in [0.2, 0.25) is 0 Å². The summed E-state index contributed by atoms with van der Waals surface area (Å²) >= 11 is 1.78. The molecule has 1 aromatic rings. The van der Waals surface area contributed by atoms with Crippen molar-refractivity contribution in [1.82, 2.24) is 0 Å². The van der Waals surface area contributed by atoms with Crippen LogP contribution in [0, 0.1) is 6.92 Å². The average Bonchev–Trinajstić information content (AvgIpc) is 2.63. The van der Waals surface area contributed by atoms with Crippen LogP contribution in [0.1, 0.15) is 25.0 Å². The fraction of sp³-hybridized carbons (Fsp3) is 0.500. The molecule has 15 heavy (non-hydrogen) atoms. The van der Waals surface area contributed by atoms with Gasteiger partial charge in [0.05, 0.1) is 6.26 Å². The standard InChI is InChI=1S/C10H16N2O2S/c1-8-9(5-6-14-8)15-7-3-2-4-10(11)12-13/h5-6,13H,2-4,7H2,1H3,(H2,11,12). The molecule has 0 radical (unpaired) electrons. The molecule has 0 spiro atoms. The third-order valence-electron chi connectivity index (χ3n) is 2.02. The van der Waals surface area contributed by atoms with Gasteiger partial charge in [-0.15, -0.1) is 11.8 Å². The molecule has 1 heterocycles. The van der Waals surface area contributed by atoms with Crippen LogP contribution in [0.4, 0.5) is 0 Å². The third-order valence-corrected chi connectivity index (χ3v) is 3.25. The van der Waals surface area contributed by atoms with Crippen LogP contribution in [0.25, 0.3) is 0 Å². The maximum Gasteiger partial charge on any atom is 0.139 e. The van der Waals surface area contributed by atoms with Gasteiger partial charge in [0.1, 0.15) is 11.6 Å². The van der Waals surface area contributed by atoms with E-state index in [2.05, 4.69) is 5.16 Å². The summed E-state index contributed by atoms with van der Waals surface area (Å²) in [5, 5.41) is 11.2. The summed E-state index contributed by atoms with van der Waals surface area (Å²) in [7, 11) is 0. The molecule has 84 valence electrons. The minimum absolute atomic E-state index is 0.305. The van der Waals surface area contributed by atoms with E-state index < -0.39 is 0 Å². The quantitative estimate of drug-likeness (QED) is 0.196. The van der Waals surface area contributed by atoms with Gasteiger partial charge in [-0.05, 0) is 31.6 Å². The van der Waals surface area contributed by atoms with Crippen molar-refractivity contribution in [1.29, 1.82) is 0 Å². The zero-order valence-electron chi connectivity index (χ0n) is 8.77. The first-order valence-electron chi connectivity index (χ1n) is 4.87. The molecule has 0 aliphatic carbocycles. The average molecular weight is 228 g/mol. The summed E-state index contributed by atoms with van der Waals surface area (Å²) in [6.45, 7) is 1.96. The van der Waals surface area contributed by atoms with Crippen molar-refractivity contribution in [3.05, 3.63) is 18.1 Å². The van der Waals surface area contributed by atoms with Gasteiger partial charge in [-0.2, -0.15) is 0 Å². The van der Waals surface area contributed by atoms with Crippen molar-refractivity contribution in [3.63, 3.8) is 0 Å². The van der Waals surface area contributed by atoms with Gasteiger partial charge in [0, 0.05) is 11.3 Å². The van der Waals surface area contributed by atoms with E-state index >= 15 is 0 Å². The maximum atomic E-state index is 8.32. The maximum absolute atomic E-state index is 8.32. The Morgan fingerprint density at radius 2 is 2.40 bits per heavy atom. The highest BCUT2D eigenvalue weighted by molar-refractivity contribution is 7.99. The lowest BCUT2D eigenvalue weighted by Gasteiger charge is -2.00. The van der Waals surface area contributed by atoms with E-state index in [1.54, 1.807) is 18.0 Å². The predicted molar refractivity (Wildman–Crippen MR) is 61.4 cm³/mol. The van der Waals surface area contributed by atoms with Crippen LogP contribution in [0.5, 0.6) is 0 Å². The molecule has 5 heteroatoms. The van der Waals surface area contributed by atoms with E-state index in [4.69, 9.17) is 15.4 Å². The molecule has 0 fully saturated rings. The molecule has 1 rings (SSSR count). The molecule has 0 saturated carbocycles. The predicted octanol–water partition coefficient (Wildman–Crippen LogP) is 2.60. The molecule has 0 unspecified atom stereocenters. The number of amidine groups is 1. The summed E-state index contributed by atoms with van der Waals surface area (Å²) in [6, 6.07) is 1.98. The van der Waals surface area contributed by atoms with Crippen LogP contribution in [0.15, 0.2) is 26.8 Å². The molecule has 0 atom stereocenters. The number of unbranched alkanes of at least 4 members (excludes halogenated alkanes) is 1. The van der Waals surface area contributed by atoms with Crippen LogP contribution >= 0.6 is 11.8 Å². The second kappa shape index (κ2) is 6.40. The Labute approximate surface area is 93.5 Å². The van der Waals surface area contributed by atoms with E-state index in [0.717, 1.165) is 24.4 Å². The Morgan fingerprint density at radius 3 is 3.00 bits per heavy atom. The third kappa shape index (κ3) is 4.29. The number of hydrogen-bond donors (Lipinski definition) is 2. The summed E-state index contributed by atoms with van der Waals surface area (Å²) in [5.74, 6) is 2.30. The highest BCUT2D eigenvalue weighted by atomic mass is 32.2. The van der Waals surface area contributed by atoms with E-state index in [1.165, 1.54) is 4.90 Å². The summed E-state index contributed by atoms with van der Waals surface area (Å²) < 4.78 is 5.18. The number of oxime groups is 1. The fourth-order valence-corrected chi connectivity index (χ4v) is 2.13. The SMILES string of the molecule is Cc1occc1SCCCC/C(N)=N/O. The molecule has 0 saturated heterocycles. The van der Waals surface area contributed by atoms with Gasteiger partial charge in [-0.25, -0.2) is 0 Å². The highest BCUT2D eigenvalue weighted by Gasteiger charge is 2.01. The zero-order chi connectivity index (χ0) is 11.1. The minimum Gasteiger partial charge on any atom is -0.468 e. The smallest absolute Gasteiger partial charge is 0.139 e. The van der Waals surface area contributed by atoms with Gasteiger partial charge < -0.3 is 15.4 Å². The Kier molecular flexibility index (Phi) is 5.10. The highest BCUT2D eigenvalue weighted by Crippen LogP contribution is 2.24. The monoisotopic (exact) mass is 228 g/mol. The molecule has 3 N–H and O–H groups in total. The summed E-state index contributed by atoms with van der Waals surface area (Å²) in [4.78, 5) is 1.19. The first kappa shape index (κ1) is 12.0. The van der Waals surface area contributed by atoms with E-state index in [-0.39, 0.29) is 0 Å². The number of nitrogens with two attached hydrogens (primary N) is 1. The van der Waals surface area contributed by atoms with E-state index in [9.17, 15) is 0 Å². The molecule has 0 bridgehead atoms. The van der Waals surface area contributed by atoms with Crippen LogP contribution < -0.4 is 5.73 Å². The van der Waals surface area contributed by atoms with Crippen molar-refractivity contribution in [2.45, 2.75) is 31.1 Å². The van der Waals surface area contributed by atoms with Crippen molar-refractivity contribution in [2.75, 3.05) is 5.75 Å². The topological polar surface area (TPSA) is 71.8 Å². The minimum atomic E-state index is 0.305. The Morgan fingerprint density at radius 1 is 1.60 bits per heavy atom. The van der Waals surface area contributed by atoms with Gasteiger partial charge in [0.15, 0.2) is 0 Å². The number of rotatable bonds is 6. The normalized spacial score (nSPS) is 11.9. The van der Waals surface area contributed by atoms with Crippen molar-refractivity contribution in [3.8, 4) is 0 Å². The molecular formula is C10H16N2O2S. The lowest BCUT2D eigenvalue weighted by atomic mass is 10.2. The first-order chi connectivity index (χ1) is 7.24. The van der Waals surface area contributed by atoms with Crippen molar-refractivity contribution >= 4 is 17.6 Å². The lowest BCUT2D eigenvalue weighted by molar-refractivity contribution is 0.316. The zero-order valence-corrected chi connectivity index (χ0v) is 9.59. The number of thioether (sulfide) groups is 1. The van der Waals surface area contributed by atoms with Crippen LogP contribution in [-0.2, 0) is 0 Å². The van der Waals surface area contributed by atoms with Gasteiger partial charge in [-0.1, -0.05) is 5.16 Å². The fourth-order valence-electron chi connectivity index (χ4n) is 1.16. The summed E-state index contributed by atoms with van der Waals surface area (Å²) in [5.41, 5.74) is 5.35. The van der Waals surface area contributed by atoms with Crippen molar-refractivity contribution < 1.29 is 9.62 Å². The molecule has 0 aromatic carbocycles. The molecule has 1 aromatic heterocycles. The van der Waals surface area contributed by atoms with E-state index in [1.807, 2.05) is 13.0 Å². The van der Waals surface area contributed by atoms with E-state index in [0.29, 0.717) is 12.3 Å². The van der Waals surface area contributed by atoms with Crippen molar-refractivity contribution in [2.24, 2.45) is 10.9 Å². The second-order valence-corrected chi connectivity index (χ2v) is 4.37. The lowest BCUT2D eigenvalue weighted by Crippen LogP contribution is -2.10. The van der Waals surface area contributed by atoms with Gasteiger partial charge in [0.25, 0.3) is 0 Å². The Balaban J connectivity index is 2.10.